The van der Waals surface area contributed by atoms with Gasteiger partial charge in [0.25, 0.3) is 0 Å². The summed E-state index contributed by atoms with van der Waals surface area (Å²) in [6, 6.07) is 8.06. The van der Waals surface area contributed by atoms with E-state index in [-0.39, 0.29) is 5.69 Å². The number of nitrogens with zero attached hydrogens (tertiary/aromatic N) is 3. The molecule has 0 fully saturated rings. The number of hydrogen-bond donors (Lipinski definition) is 1. The average Bonchev–Trinajstić information content (AvgIpc) is 2.78. The predicted octanol–water partition coefficient (Wildman–Crippen LogP) is 2.10. The molecule has 6 heteroatoms. The van der Waals surface area contributed by atoms with Crippen molar-refractivity contribution in [2.24, 2.45) is 0 Å². The fourth-order valence-corrected chi connectivity index (χ4v) is 1.54. The van der Waals surface area contributed by atoms with Crippen molar-refractivity contribution in [3.05, 3.63) is 46.7 Å². The van der Waals surface area contributed by atoms with Crippen LogP contribution in [-0.4, -0.2) is 20.9 Å². The van der Waals surface area contributed by atoms with Gasteiger partial charge in [-0.15, -0.1) is 0 Å². The molecule has 0 amide bonds. The predicted molar refractivity (Wildman–Crippen MR) is 60.2 cm³/mol. The van der Waals surface area contributed by atoms with Crippen LogP contribution in [0.15, 0.2) is 30.5 Å². The molecule has 5 nitrogen and oxygen atoms in total. The quantitative estimate of drug-likeness (QED) is 0.881. The molecule has 0 unspecified atom stereocenters. The minimum atomic E-state index is -1.11. The van der Waals surface area contributed by atoms with Gasteiger partial charge < -0.3 is 5.11 Å². The van der Waals surface area contributed by atoms with Crippen LogP contribution in [0, 0.1) is 11.3 Å². The molecular weight excluding hydrogens is 242 g/mol. The van der Waals surface area contributed by atoms with Gasteiger partial charge in [0.1, 0.15) is 6.07 Å². The summed E-state index contributed by atoms with van der Waals surface area (Å²) in [4.78, 5) is 10.7. The Kier molecular flexibility index (Phi) is 2.81. The first-order valence-corrected chi connectivity index (χ1v) is 4.98. The Morgan fingerprint density at radius 2 is 2.24 bits per heavy atom. The molecular formula is C11H6ClN3O2. The summed E-state index contributed by atoms with van der Waals surface area (Å²) in [7, 11) is 0. The van der Waals surface area contributed by atoms with Crippen molar-refractivity contribution in [1.29, 1.82) is 5.26 Å². The Morgan fingerprint density at radius 1 is 1.47 bits per heavy atom. The second kappa shape index (κ2) is 4.28. The third-order valence-electron chi connectivity index (χ3n) is 2.13. The minimum absolute atomic E-state index is 0.0798. The molecule has 0 saturated heterocycles. The first-order valence-electron chi connectivity index (χ1n) is 4.61. The molecule has 1 aromatic heterocycles. The number of rotatable bonds is 2. The van der Waals surface area contributed by atoms with Crippen molar-refractivity contribution >= 4 is 17.6 Å². The van der Waals surface area contributed by atoms with Crippen LogP contribution in [0.3, 0.4) is 0 Å². The SMILES string of the molecule is N#Cc1cc(Cl)ccc1-n1ccc(C(=O)O)n1. The fourth-order valence-electron chi connectivity index (χ4n) is 1.37. The zero-order chi connectivity index (χ0) is 12.4. The largest absolute Gasteiger partial charge is 0.476 e. The molecule has 1 N–H and O–H groups in total. The lowest BCUT2D eigenvalue weighted by molar-refractivity contribution is 0.0690. The normalized spacial score (nSPS) is 9.88. The van der Waals surface area contributed by atoms with Gasteiger partial charge in [-0.2, -0.15) is 10.4 Å². The van der Waals surface area contributed by atoms with Crippen LogP contribution < -0.4 is 0 Å². The van der Waals surface area contributed by atoms with Crippen molar-refractivity contribution in [2.75, 3.05) is 0 Å². The van der Waals surface area contributed by atoms with Crippen molar-refractivity contribution in [2.45, 2.75) is 0 Å². The number of halogens is 1. The summed E-state index contributed by atoms with van der Waals surface area (Å²) in [6.07, 6.45) is 1.48. The smallest absolute Gasteiger partial charge is 0.356 e. The number of carbonyl (C=O) groups is 1. The maximum atomic E-state index is 10.7. The number of benzene rings is 1. The number of aromatic carboxylic acids is 1. The van der Waals surface area contributed by atoms with E-state index in [9.17, 15) is 4.79 Å². The highest BCUT2D eigenvalue weighted by molar-refractivity contribution is 6.30. The Bertz CT molecular complexity index is 628. The minimum Gasteiger partial charge on any atom is -0.476 e. The molecule has 0 atom stereocenters. The van der Waals surface area contributed by atoms with E-state index in [0.29, 0.717) is 16.3 Å². The Balaban J connectivity index is 2.53. The third kappa shape index (κ3) is 2.12. The molecule has 2 rings (SSSR count). The third-order valence-corrected chi connectivity index (χ3v) is 2.37. The highest BCUT2D eigenvalue weighted by Gasteiger charge is 2.10. The molecule has 17 heavy (non-hydrogen) atoms. The molecule has 0 bridgehead atoms. The van der Waals surface area contributed by atoms with Crippen LogP contribution in [0.25, 0.3) is 5.69 Å². The Labute approximate surface area is 101 Å². The van der Waals surface area contributed by atoms with Crippen molar-refractivity contribution in [3.63, 3.8) is 0 Å². The van der Waals surface area contributed by atoms with E-state index >= 15 is 0 Å². The number of hydrogen-bond acceptors (Lipinski definition) is 3. The number of nitriles is 1. The molecule has 0 aliphatic heterocycles. The Morgan fingerprint density at radius 3 is 2.82 bits per heavy atom. The van der Waals surface area contributed by atoms with Crippen LogP contribution in [0.2, 0.25) is 5.02 Å². The van der Waals surface area contributed by atoms with E-state index in [4.69, 9.17) is 22.0 Å². The summed E-state index contributed by atoms with van der Waals surface area (Å²) in [5.41, 5.74) is 0.741. The molecule has 84 valence electrons. The van der Waals surface area contributed by atoms with Crippen LogP contribution in [0.4, 0.5) is 0 Å². The van der Waals surface area contributed by atoms with Crippen LogP contribution in [0.1, 0.15) is 16.1 Å². The topological polar surface area (TPSA) is 78.9 Å². The van der Waals surface area contributed by atoms with E-state index in [1.807, 2.05) is 6.07 Å². The van der Waals surface area contributed by atoms with Crippen molar-refractivity contribution in [3.8, 4) is 11.8 Å². The summed E-state index contributed by atoms with van der Waals surface area (Å²) >= 11 is 5.76. The van der Waals surface area contributed by atoms with Gasteiger partial charge in [0.05, 0.1) is 11.3 Å². The van der Waals surface area contributed by atoms with E-state index in [1.165, 1.54) is 23.0 Å². The molecule has 0 aliphatic carbocycles. The summed E-state index contributed by atoms with van der Waals surface area (Å²) in [5, 5.41) is 22.0. The lowest BCUT2D eigenvalue weighted by atomic mass is 10.2. The van der Waals surface area contributed by atoms with Gasteiger partial charge in [0, 0.05) is 11.2 Å². The molecule has 2 aromatic rings. The van der Waals surface area contributed by atoms with Gasteiger partial charge in [0.2, 0.25) is 0 Å². The molecule has 1 aromatic carbocycles. The van der Waals surface area contributed by atoms with E-state index in [1.54, 1.807) is 12.1 Å². The second-order valence-corrected chi connectivity index (χ2v) is 3.66. The molecule has 0 radical (unpaired) electrons. The second-order valence-electron chi connectivity index (χ2n) is 3.22. The van der Waals surface area contributed by atoms with E-state index in [0.717, 1.165) is 0 Å². The van der Waals surface area contributed by atoms with Gasteiger partial charge >= 0.3 is 5.97 Å². The summed E-state index contributed by atoms with van der Waals surface area (Å²) < 4.78 is 1.33. The first kappa shape index (κ1) is 11.2. The first-order chi connectivity index (χ1) is 8.11. The zero-order valence-corrected chi connectivity index (χ0v) is 9.22. The molecule has 0 aliphatic rings. The number of aromatic nitrogens is 2. The van der Waals surface area contributed by atoms with Gasteiger partial charge in [-0.25, -0.2) is 9.48 Å². The van der Waals surface area contributed by atoms with Gasteiger partial charge in [-0.1, -0.05) is 11.6 Å². The van der Waals surface area contributed by atoms with Gasteiger partial charge in [-0.05, 0) is 24.3 Å². The van der Waals surface area contributed by atoms with Crippen LogP contribution in [-0.2, 0) is 0 Å². The lowest BCUT2D eigenvalue weighted by Crippen LogP contribution is -2.02. The van der Waals surface area contributed by atoms with E-state index in [2.05, 4.69) is 5.10 Å². The summed E-state index contributed by atoms with van der Waals surface area (Å²) in [5.74, 6) is -1.11. The van der Waals surface area contributed by atoms with Crippen molar-refractivity contribution < 1.29 is 9.90 Å². The summed E-state index contributed by atoms with van der Waals surface area (Å²) in [6.45, 7) is 0. The van der Waals surface area contributed by atoms with Gasteiger partial charge in [0.15, 0.2) is 5.69 Å². The maximum absolute atomic E-state index is 10.7. The monoisotopic (exact) mass is 247 g/mol. The fraction of sp³-hybridized carbons (Fsp3) is 0. The highest BCUT2D eigenvalue weighted by Crippen LogP contribution is 2.18. The molecule has 0 spiro atoms. The van der Waals surface area contributed by atoms with Crippen LogP contribution in [0.5, 0.6) is 0 Å². The highest BCUT2D eigenvalue weighted by atomic mass is 35.5. The lowest BCUT2D eigenvalue weighted by Gasteiger charge is -2.03. The number of carboxylic acid groups (broad SMARTS) is 1. The average molecular weight is 248 g/mol. The molecule has 0 saturated carbocycles. The van der Waals surface area contributed by atoms with Gasteiger partial charge in [-0.3, -0.25) is 0 Å². The zero-order valence-electron chi connectivity index (χ0n) is 8.46. The maximum Gasteiger partial charge on any atom is 0.356 e. The standard InChI is InChI=1S/C11H6ClN3O2/c12-8-1-2-10(7(5-8)6-13)15-4-3-9(14-15)11(16)17/h1-5H,(H,16,17). The van der Waals surface area contributed by atoms with Crippen molar-refractivity contribution in [1.82, 2.24) is 9.78 Å². The van der Waals surface area contributed by atoms with E-state index < -0.39 is 5.97 Å². The number of carboxylic acids is 1. The molecule has 1 heterocycles. The Hall–Kier alpha value is -2.32. The van der Waals surface area contributed by atoms with Crippen LogP contribution >= 0.6 is 11.6 Å².